The van der Waals surface area contributed by atoms with Crippen LogP contribution in [0.2, 0.25) is 0 Å². The van der Waals surface area contributed by atoms with Crippen LogP contribution in [0.5, 0.6) is 0 Å². The van der Waals surface area contributed by atoms with Gasteiger partial charge in [0.05, 0.1) is 17.9 Å². The van der Waals surface area contributed by atoms with Gasteiger partial charge in [-0.2, -0.15) is 0 Å². The number of piperidine rings is 1. The number of nitrogens with zero attached hydrogens (tertiary/aromatic N) is 1. The highest BCUT2D eigenvalue weighted by molar-refractivity contribution is 5.93. The summed E-state index contributed by atoms with van der Waals surface area (Å²) < 4.78 is 4.86. The van der Waals surface area contributed by atoms with Gasteiger partial charge in [0.2, 0.25) is 0 Å². The molecule has 82 valence electrons. The molecular weight excluding hydrogens is 194 g/mol. The summed E-state index contributed by atoms with van der Waals surface area (Å²) in [5.74, 6) is 0.216. The lowest BCUT2D eigenvalue weighted by Gasteiger charge is -2.34. The molecule has 2 atom stereocenters. The van der Waals surface area contributed by atoms with Gasteiger partial charge < -0.3 is 14.4 Å². The second-order valence-corrected chi connectivity index (χ2v) is 4.10. The maximum Gasteiger partial charge on any atom is 0.257 e. The monoisotopic (exact) mass is 209 g/mol. The Hall–Kier alpha value is -1.29. The molecule has 1 aromatic rings. The van der Waals surface area contributed by atoms with E-state index in [2.05, 4.69) is 0 Å². The van der Waals surface area contributed by atoms with Crippen molar-refractivity contribution < 1.29 is 14.3 Å². The third-order valence-corrected chi connectivity index (χ3v) is 2.97. The topological polar surface area (TPSA) is 53.7 Å². The number of furan rings is 1. The van der Waals surface area contributed by atoms with Crippen molar-refractivity contribution in [3.05, 3.63) is 24.2 Å². The van der Waals surface area contributed by atoms with Crippen LogP contribution in [0, 0.1) is 5.92 Å². The first-order valence-corrected chi connectivity index (χ1v) is 5.18. The van der Waals surface area contributed by atoms with Crippen LogP contribution in [0.25, 0.3) is 0 Å². The lowest BCUT2D eigenvalue weighted by molar-refractivity contribution is 0.0248. The summed E-state index contributed by atoms with van der Waals surface area (Å²) >= 11 is 0. The molecule has 1 amide bonds. The van der Waals surface area contributed by atoms with Crippen LogP contribution in [0.15, 0.2) is 23.0 Å². The van der Waals surface area contributed by atoms with Crippen molar-refractivity contribution in [1.29, 1.82) is 0 Å². The third kappa shape index (κ3) is 2.04. The van der Waals surface area contributed by atoms with Crippen LogP contribution in [0.1, 0.15) is 23.7 Å². The smallest absolute Gasteiger partial charge is 0.257 e. The molecule has 2 unspecified atom stereocenters. The molecule has 0 bridgehead atoms. The van der Waals surface area contributed by atoms with Gasteiger partial charge in [0.1, 0.15) is 6.26 Å². The Bertz CT molecular complexity index is 334. The summed E-state index contributed by atoms with van der Waals surface area (Å²) in [5.41, 5.74) is 0.553. The maximum atomic E-state index is 11.9. The summed E-state index contributed by atoms with van der Waals surface area (Å²) in [6.45, 7) is 3.14. The molecular formula is C11H15NO3. The molecule has 1 aliphatic rings. The molecule has 2 rings (SSSR count). The summed E-state index contributed by atoms with van der Waals surface area (Å²) in [7, 11) is 0. The molecule has 1 aliphatic heterocycles. The second kappa shape index (κ2) is 4.06. The molecule has 4 heteroatoms. The predicted molar refractivity (Wildman–Crippen MR) is 54.4 cm³/mol. The largest absolute Gasteiger partial charge is 0.472 e. The Morgan fingerprint density at radius 3 is 3.07 bits per heavy atom. The number of aliphatic hydroxyl groups excluding tert-OH is 1. The second-order valence-electron chi connectivity index (χ2n) is 4.10. The van der Waals surface area contributed by atoms with E-state index in [-0.39, 0.29) is 11.8 Å². The number of β-amino-alcohol motifs (C(OH)–C–C–N with tert-alkyl or cyclic N) is 1. The Morgan fingerprint density at radius 1 is 1.67 bits per heavy atom. The van der Waals surface area contributed by atoms with Gasteiger partial charge in [-0.25, -0.2) is 0 Å². The molecule has 15 heavy (non-hydrogen) atoms. The van der Waals surface area contributed by atoms with Crippen LogP contribution < -0.4 is 0 Å². The SMILES string of the molecule is CC1CCN(C(=O)c2ccoc2)CC1O. The van der Waals surface area contributed by atoms with Crippen molar-refractivity contribution >= 4 is 5.91 Å². The van der Waals surface area contributed by atoms with Crippen molar-refractivity contribution in [3.63, 3.8) is 0 Å². The minimum Gasteiger partial charge on any atom is -0.472 e. The van der Waals surface area contributed by atoms with E-state index in [4.69, 9.17) is 4.42 Å². The van der Waals surface area contributed by atoms with Crippen molar-refractivity contribution in [2.24, 2.45) is 5.92 Å². The van der Waals surface area contributed by atoms with E-state index in [1.165, 1.54) is 12.5 Å². The average molecular weight is 209 g/mol. The van der Waals surface area contributed by atoms with Gasteiger partial charge in [0.15, 0.2) is 0 Å². The highest BCUT2D eigenvalue weighted by Crippen LogP contribution is 2.18. The number of hydrogen-bond donors (Lipinski definition) is 1. The van der Waals surface area contributed by atoms with Crippen LogP contribution in [-0.4, -0.2) is 35.1 Å². The van der Waals surface area contributed by atoms with Gasteiger partial charge in [-0.15, -0.1) is 0 Å². The molecule has 0 radical (unpaired) electrons. The van der Waals surface area contributed by atoms with E-state index in [1.807, 2.05) is 6.92 Å². The fraction of sp³-hybridized carbons (Fsp3) is 0.545. The van der Waals surface area contributed by atoms with E-state index < -0.39 is 6.10 Å². The van der Waals surface area contributed by atoms with Gasteiger partial charge in [-0.3, -0.25) is 4.79 Å². The van der Waals surface area contributed by atoms with E-state index >= 15 is 0 Å². The minimum atomic E-state index is -0.408. The van der Waals surface area contributed by atoms with E-state index in [0.717, 1.165) is 6.42 Å². The van der Waals surface area contributed by atoms with Gasteiger partial charge >= 0.3 is 0 Å². The number of likely N-dealkylation sites (tertiary alicyclic amines) is 1. The molecule has 1 fully saturated rings. The van der Waals surface area contributed by atoms with Crippen LogP contribution in [0.3, 0.4) is 0 Å². The van der Waals surface area contributed by atoms with Crippen molar-refractivity contribution in [2.45, 2.75) is 19.4 Å². The lowest BCUT2D eigenvalue weighted by Crippen LogP contribution is -2.45. The Balaban J connectivity index is 2.03. The van der Waals surface area contributed by atoms with Gasteiger partial charge in [0, 0.05) is 13.1 Å². The number of hydrogen-bond acceptors (Lipinski definition) is 3. The first-order valence-electron chi connectivity index (χ1n) is 5.18. The molecule has 0 spiro atoms. The fourth-order valence-electron chi connectivity index (χ4n) is 1.80. The highest BCUT2D eigenvalue weighted by Gasteiger charge is 2.28. The van der Waals surface area contributed by atoms with E-state index in [9.17, 15) is 9.90 Å². The fourth-order valence-corrected chi connectivity index (χ4v) is 1.80. The standard InChI is InChI=1S/C11H15NO3/c1-8-2-4-12(6-10(8)13)11(14)9-3-5-15-7-9/h3,5,7-8,10,13H,2,4,6H2,1H3. The van der Waals surface area contributed by atoms with Gasteiger partial charge in [0.25, 0.3) is 5.91 Å². The summed E-state index contributed by atoms with van der Waals surface area (Å²) in [6.07, 6.45) is 3.36. The molecule has 0 aromatic carbocycles. The summed E-state index contributed by atoms with van der Waals surface area (Å²) in [6, 6.07) is 1.65. The average Bonchev–Trinajstić information content (AvgIpc) is 2.74. The molecule has 1 N–H and O–H groups in total. The summed E-state index contributed by atoms with van der Waals surface area (Å²) in [4.78, 5) is 13.5. The Morgan fingerprint density at radius 2 is 2.47 bits per heavy atom. The first kappa shape index (κ1) is 10.2. The van der Waals surface area contributed by atoms with Gasteiger partial charge in [-0.05, 0) is 18.4 Å². The molecule has 0 saturated carbocycles. The lowest BCUT2D eigenvalue weighted by atomic mass is 9.96. The van der Waals surface area contributed by atoms with Crippen LogP contribution in [-0.2, 0) is 0 Å². The van der Waals surface area contributed by atoms with Crippen molar-refractivity contribution in [1.82, 2.24) is 4.90 Å². The van der Waals surface area contributed by atoms with Crippen LogP contribution >= 0.6 is 0 Å². The maximum absolute atomic E-state index is 11.9. The van der Waals surface area contributed by atoms with Crippen molar-refractivity contribution in [2.75, 3.05) is 13.1 Å². The summed E-state index contributed by atoms with van der Waals surface area (Å²) in [5, 5.41) is 9.68. The van der Waals surface area contributed by atoms with E-state index in [1.54, 1.807) is 11.0 Å². The number of amides is 1. The number of carbonyl (C=O) groups excluding carboxylic acids is 1. The number of aliphatic hydroxyl groups is 1. The quantitative estimate of drug-likeness (QED) is 0.754. The van der Waals surface area contributed by atoms with Gasteiger partial charge in [-0.1, -0.05) is 6.92 Å². The number of rotatable bonds is 1. The zero-order chi connectivity index (χ0) is 10.8. The zero-order valence-electron chi connectivity index (χ0n) is 8.72. The van der Waals surface area contributed by atoms with E-state index in [0.29, 0.717) is 18.7 Å². The minimum absolute atomic E-state index is 0.0605. The molecule has 2 heterocycles. The highest BCUT2D eigenvalue weighted by atomic mass is 16.3. The normalized spacial score (nSPS) is 26.7. The third-order valence-electron chi connectivity index (χ3n) is 2.97. The van der Waals surface area contributed by atoms with Crippen LogP contribution in [0.4, 0.5) is 0 Å². The molecule has 4 nitrogen and oxygen atoms in total. The molecule has 0 aliphatic carbocycles. The number of carbonyl (C=O) groups is 1. The predicted octanol–water partition coefficient (Wildman–Crippen LogP) is 1.12. The Labute approximate surface area is 88.5 Å². The zero-order valence-corrected chi connectivity index (χ0v) is 8.72. The Kier molecular flexibility index (Phi) is 2.77. The first-order chi connectivity index (χ1) is 7.18. The molecule has 1 saturated heterocycles. The molecule has 1 aromatic heterocycles. The van der Waals surface area contributed by atoms with Crippen molar-refractivity contribution in [3.8, 4) is 0 Å².